The first-order chi connectivity index (χ1) is 11.1. The Morgan fingerprint density at radius 3 is 2.42 bits per heavy atom. The number of rotatable bonds is 6. The van der Waals surface area contributed by atoms with E-state index in [4.69, 9.17) is 16.3 Å². The predicted molar refractivity (Wildman–Crippen MR) is 89.4 cm³/mol. The molecule has 130 valence electrons. The molecule has 0 aliphatic rings. The summed E-state index contributed by atoms with van der Waals surface area (Å²) in [7, 11) is -6.20. The van der Waals surface area contributed by atoms with E-state index in [2.05, 4.69) is 14.9 Å². The van der Waals surface area contributed by atoms with E-state index in [9.17, 15) is 16.8 Å². The van der Waals surface area contributed by atoms with Gasteiger partial charge in [-0.05, 0) is 11.6 Å². The summed E-state index contributed by atoms with van der Waals surface area (Å²) >= 11 is 5.95. The van der Waals surface area contributed by atoms with Crippen LogP contribution >= 0.6 is 11.6 Å². The van der Waals surface area contributed by atoms with Gasteiger partial charge in [-0.3, -0.25) is 4.72 Å². The fraction of sp³-hybridized carbons (Fsp3) is 0.231. The first-order valence-electron chi connectivity index (χ1n) is 6.48. The van der Waals surface area contributed by atoms with E-state index in [1.54, 1.807) is 24.3 Å². The highest BCUT2D eigenvalue weighted by molar-refractivity contribution is 7.92. The molecule has 0 bridgehead atoms. The molecule has 0 radical (unpaired) electrons. The van der Waals surface area contributed by atoms with Gasteiger partial charge in [0.25, 0.3) is 0 Å². The van der Waals surface area contributed by atoms with Crippen LogP contribution in [0.3, 0.4) is 0 Å². The number of ether oxygens (including phenoxy) is 1. The van der Waals surface area contributed by atoms with Gasteiger partial charge in [-0.1, -0.05) is 29.8 Å². The summed E-state index contributed by atoms with van der Waals surface area (Å²) in [6.07, 6.45) is 0.956. The molecule has 24 heavy (non-hydrogen) atoms. The zero-order chi connectivity index (χ0) is 18.0. The van der Waals surface area contributed by atoms with Crippen molar-refractivity contribution in [2.75, 3.05) is 18.1 Å². The highest BCUT2D eigenvalue weighted by Gasteiger charge is 2.20. The van der Waals surface area contributed by atoms with E-state index < -0.39 is 19.9 Å². The summed E-state index contributed by atoms with van der Waals surface area (Å²) in [5.41, 5.74) is 0.409. The molecule has 11 heteroatoms. The lowest BCUT2D eigenvalue weighted by Crippen LogP contribution is -2.18. The van der Waals surface area contributed by atoms with Crippen molar-refractivity contribution in [2.24, 2.45) is 0 Å². The van der Waals surface area contributed by atoms with E-state index in [1.165, 1.54) is 7.11 Å². The van der Waals surface area contributed by atoms with Crippen molar-refractivity contribution in [3.8, 4) is 5.75 Å². The Morgan fingerprint density at radius 2 is 1.83 bits per heavy atom. The largest absolute Gasteiger partial charge is 0.493 e. The van der Waals surface area contributed by atoms with E-state index >= 15 is 0 Å². The summed E-state index contributed by atoms with van der Waals surface area (Å²) in [6.45, 7) is 0. The molecule has 0 atom stereocenters. The van der Waals surface area contributed by atoms with Crippen molar-refractivity contribution in [3.63, 3.8) is 0 Å². The fourth-order valence-electron chi connectivity index (χ4n) is 1.77. The van der Waals surface area contributed by atoms with Gasteiger partial charge in [-0.15, -0.1) is 10.2 Å². The van der Waals surface area contributed by atoms with Crippen LogP contribution in [0.15, 0.2) is 35.4 Å². The Bertz CT molecular complexity index is 961. The zero-order valence-corrected chi connectivity index (χ0v) is 15.1. The topological polar surface area (TPSA) is 115 Å². The zero-order valence-electron chi connectivity index (χ0n) is 12.7. The highest BCUT2D eigenvalue weighted by Crippen LogP contribution is 2.25. The van der Waals surface area contributed by atoms with E-state index in [1.807, 2.05) is 0 Å². The van der Waals surface area contributed by atoms with Gasteiger partial charge in [0.05, 0.1) is 12.9 Å². The number of sulfone groups is 1. The van der Waals surface area contributed by atoms with Crippen LogP contribution in [0.2, 0.25) is 5.02 Å². The molecule has 0 saturated heterocycles. The van der Waals surface area contributed by atoms with E-state index in [0.717, 1.165) is 12.3 Å². The Labute approximate surface area is 144 Å². The number of anilines is 1. The van der Waals surface area contributed by atoms with Gasteiger partial charge in [0.2, 0.25) is 15.8 Å². The van der Waals surface area contributed by atoms with Crippen LogP contribution in [0.4, 0.5) is 5.82 Å². The minimum Gasteiger partial charge on any atom is -0.493 e. The van der Waals surface area contributed by atoms with E-state index in [0.29, 0.717) is 10.6 Å². The molecule has 8 nitrogen and oxygen atoms in total. The smallest absolute Gasteiger partial charge is 0.238 e. The van der Waals surface area contributed by atoms with Crippen molar-refractivity contribution in [1.82, 2.24) is 10.2 Å². The summed E-state index contributed by atoms with van der Waals surface area (Å²) in [6, 6.07) is 7.60. The van der Waals surface area contributed by atoms with Gasteiger partial charge in [0.15, 0.2) is 20.6 Å². The van der Waals surface area contributed by atoms with E-state index in [-0.39, 0.29) is 22.3 Å². The van der Waals surface area contributed by atoms with Gasteiger partial charge in [-0.25, -0.2) is 16.8 Å². The normalized spacial score (nSPS) is 12.0. The molecule has 2 rings (SSSR count). The van der Waals surface area contributed by atoms with Crippen molar-refractivity contribution >= 4 is 37.3 Å². The maximum atomic E-state index is 12.3. The molecule has 0 unspecified atom stereocenters. The second-order valence-corrected chi connectivity index (χ2v) is 8.92. The number of nitrogens with zero attached hydrogens (tertiary/aromatic N) is 2. The molecular formula is C13H14ClN3O5S2. The molecule has 0 spiro atoms. The SMILES string of the molecule is COc1cc(S(C)(=O)=O)nnc1NS(=O)(=O)Cc1ccccc1Cl. The molecule has 0 aliphatic heterocycles. The molecule has 0 aliphatic carbocycles. The lowest BCUT2D eigenvalue weighted by molar-refractivity contribution is 0.411. The maximum Gasteiger partial charge on any atom is 0.238 e. The standard InChI is InChI=1S/C13H14ClN3O5S2/c1-22-11-7-12(23(2,18)19)15-16-13(11)17-24(20,21)8-9-5-3-4-6-10(9)14/h3-7H,8H2,1-2H3,(H,16,17). The minimum absolute atomic E-state index is 0.0619. The molecule has 0 amide bonds. The Balaban J connectivity index is 2.31. The summed E-state index contributed by atoms with van der Waals surface area (Å²) in [5.74, 6) is -0.657. The number of aromatic nitrogens is 2. The lowest BCUT2D eigenvalue weighted by Gasteiger charge is -2.11. The van der Waals surface area contributed by atoms with Crippen molar-refractivity contribution in [3.05, 3.63) is 40.9 Å². The monoisotopic (exact) mass is 391 g/mol. The second kappa shape index (κ2) is 6.91. The summed E-state index contributed by atoms with van der Waals surface area (Å²) in [4.78, 5) is 0. The van der Waals surface area contributed by atoms with Crippen LogP contribution in [0.1, 0.15) is 5.56 Å². The van der Waals surface area contributed by atoms with Crippen LogP contribution in [-0.4, -0.2) is 40.4 Å². The molecular weight excluding hydrogens is 378 g/mol. The third kappa shape index (κ3) is 4.56. The Kier molecular flexibility index (Phi) is 5.31. The van der Waals surface area contributed by atoms with Crippen LogP contribution in [0, 0.1) is 0 Å². The van der Waals surface area contributed by atoms with Gasteiger partial charge in [-0.2, -0.15) is 0 Å². The van der Waals surface area contributed by atoms with Crippen LogP contribution in [0.5, 0.6) is 5.75 Å². The molecule has 0 fully saturated rings. The molecule has 1 aromatic carbocycles. The quantitative estimate of drug-likeness (QED) is 0.792. The van der Waals surface area contributed by atoms with Crippen LogP contribution in [0.25, 0.3) is 0 Å². The maximum absolute atomic E-state index is 12.3. The van der Waals surface area contributed by atoms with Crippen molar-refractivity contribution in [2.45, 2.75) is 10.8 Å². The average Bonchev–Trinajstić information content (AvgIpc) is 2.48. The van der Waals surface area contributed by atoms with Gasteiger partial charge >= 0.3 is 0 Å². The molecule has 1 aromatic heterocycles. The summed E-state index contributed by atoms with van der Waals surface area (Å²) < 4.78 is 54.6. The molecule has 1 heterocycles. The van der Waals surface area contributed by atoms with Crippen LogP contribution < -0.4 is 9.46 Å². The number of benzene rings is 1. The van der Waals surface area contributed by atoms with Gasteiger partial charge in [0.1, 0.15) is 0 Å². The average molecular weight is 392 g/mol. The summed E-state index contributed by atoms with van der Waals surface area (Å²) in [5, 5.41) is 7.07. The van der Waals surface area contributed by atoms with Crippen molar-refractivity contribution in [1.29, 1.82) is 0 Å². The third-order valence-corrected chi connectivity index (χ3v) is 5.42. The fourth-order valence-corrected chi connectivity index (χ4v) is 3.73. The number of sulfonamides is 1. The number of hydrogen-bond acceptors (Lipinski definition) is 7. The predicted octanol–water partition coefficient (Wildman–Crippen LogP) is 1.48. The Morgan fingerprint density at radius 1 is 1.17 bits per heavy atom. The number of methoxy groups -OCH3 is 1. The molecule has 2 aromatic rings. The first kappa shape index (κ1) is 18.4. The van der Waals surface area contributed by atoms with Gasteiger partial charge in [0, 0.05) is 17.3 Å². The van der Waals surface area contributed by atoms with Crippen LogP contribution in [-0.2, 0) is 25.6 Å². The molecule has 1 N–H and O–H groups in total. The number of nitrogens with one attached hydrogen (secondary N) is 1. The second-order valence-electron chi connectivity index (χ2n) is 4.82. The van der Waals surface area contributed by atoms with Crippen molar-refractivity contribution < 1.29 is 21.6 Å². The number of halogens is 1. The number of hydrogen-bond donors (Lipinski definition) is 1. The molecule has 0 saturated carbocycles. The minimum atomic E-state index is -3.86. The third-order valence-electron chi connectivity index (χ3n) is 2.89. The van der Waals surface area contributed by atoms with Gasteiger partial charge < -0.3 is 4.74 Å². The lowest BCUT2D eigenvalue weighted by atomic mass is 10.2. The Hall–Kier alpha value is -1.91. The first-order valence-corrected chi connectivity index (χ1v) is 10.4. The highest BCUT2D eigenvalue weighted by atomic mass is 35.5.